The van der Waals surface area contributed by atoms with Crippen molar-refractivity contribution < 1.29 is 9.53 Å². The molecule has 1 saturated heterocycles. The summed E-state index contributed by atoms with van der Waals surface area (Å²) in [6.45, 7) is 5.52. The van der Waals surface area contributed by atoms with Gasteiger partial charge in [0.2, 0.25) is 5.91 Å². The summed E-state index contributed by atoms with van der Waals surface area (Å²) in [5, 5.41) is 6.49. The number of hydrogen-bond acceptors (Lipinski definition) is 3. The molecular weight excluding hydrogens is 276 g/mol. The predicted molar refractivity (Wildman–Crippen MR) is 87.0 cm³/mol. The molecule has 22 heavy (non-hydrogen) atoms. The molecule has 2 aliphatic rings. The molecule has 1 aliphatic heterocycles. The summed E-state index contributed by atoms with van der Waals surface area (Å²) in [4.78, 5) is 12.3. The van der Waals surface area contributed by atoms with Gasteiger partial charge in [0.25, 0.3) is 0 Å². The number of piperidine rings is 1. The zero-order valence-corrected chi connectivity index (χ0v) is 13.4. The SMILES string of the molecule is CCOc1ccc(CCNC(=O)C2CC23CCNCC3)cc1. The molecule has 0 radical (unpaired) electrons. The zero-order chi connectivity index (χ0) is 15.4. The maximum absolute atomic E-state index is 12.3. The van der Waals surface area contributed by atoms with Crippen LogP contribution in [0.15, 0.2) is 24.3 Å². The number of ether oxygens (including phenoxy) is 1. The Kier molecular flexibility index (Phi) is 4.67. The van der Waals surface area contributed by atoms with E-state index in [1.165, 1.54) is 5.56 Å². The molecule has 0 aromatic heterocycles. The Hall–Kier alpha value is -1.55. The van der Waals surface area contributed by atoms with E-state index in [9.17, 15) is 4.79 Å². The molecule has 120 valence electrons. The monoisotopic (exact) mass is 302 g/mol. The molecule has 0 bridgehead atoms. The highest BCUT2D eigenvalue weighted by Crippen LogP contribution is 2.58. The average Bonchev–Trinajstić information content (AvgIpc) is 3.23. The van der Waals surface area contributed by atoms with Crippen molar-refractivity contribution in [1.29, 1.82) is 0 Å². The smallest absolute Gasteiger partial charge is 0.223 e. The van der Waals surface area contributed by atoms with Crippen LogP contribution < -0.4 is 15.4 Å². The molecule has 1 atom stereocenters. The molecule has 2 N–H and O–H groups in total. The lowest BCUT2D eigenvalue weighted by atomic mass is 9.92. The summed E-state index contributed by atoms with van der Waals surface area (Å²) in [6.07, 6.45) is 4.27. The average molecular weight is 302 g/mol. The molecule has 4 heteroatoms. The van der Waals surface area contributed by atoms with Crippen LogP contribution in [0.5, 0.6) is 5.75 Å². The first-order chi connectivity index (χ1) is 10.7. The quantitative estimate of drug-likeness (QED) is 0.846. The van der Waals surface area contributed by atoms with Crippen molar-refractivity contribution in [2.75, 3.05) is 26.2 Å². The highest BCUT2D eigenvalue weighted by molar-refractivity contribution is 5.82. The fourth-order valence-electron chi connectivity index (χ4n) is 3.57. The molecule has 1 amide bonds. The van der Waals surface area contributed by atoms with Crippen molar-refractivity contribution >= 4 is 5.91 Å². The molecule has 1 aliphatic carbocycles. The lowest BCUT2D eigenvalue weighted by molar-refractivity contribution is -0.123. The Morgan fingerprint density at radius 2 is 2.05 bits per heavy atom. The van der Waals surface area contributed by atoms with Crippen molar-refractivity contribution in [3.05, 3.63) is 29.8 Å². The van der Waals surface area contributed by atoms with E-state index in [0.717, 1.165) is 51.1 Å². The van der Waals surface area contributed by atoms with Crippen LogP contribution in [-0.4, -0.2) is 32.1 Å². The Labute approximate surface area is 132 Å². The van der Waals surface area contributed by atoms with E-state index in [0.29, 0.717) is 12.0 Å². The first-order valence-electron chi connectivity index (χ1n) is 8.44. The van der Waals surface area contributed by atoms with Gasteiger partial charge in [0.1, 0.15) is 5.75 Å². The molecule has 1 aromatic carbocycles. The van der Waals surface area contributed by atoms with Crippen LogP contribution >= 0.6 is 0 Å². The van der Waals surface area contributed by atoms with Gasteiger partial charge in [0.05, 0.1) is 6.61 Å². The van der Waals surface area contributed by atoms with Crippen LogP contribution in [0.2, 0.25) is 0 Å². The summed E-state index contributed by atoms with van der Waals surface area (Å²) in [6, 6.07) is 8.13. The van der Waals surface area contributed by atoms with Gasteiger partial charge in [-0.1, -0.05) is 12.1 Å². The van der Waals surface area contributed by atoms with Gasteiger partial charge in [-0.05, 0) is 68.8 Å². The number of hydrogen-bond donors (Lipinski definition) is 2. The number of amides is 1. The van der Waals surface area contributed by atoms with Crippen LogP contribution in [0.25, 0.3) is 0 Å². The summed E-state index contributed by atoms with van der Waals surface area (Å²) < 4.78 is 5.43. The summed E-state index contributed by atoms with van der Waals surface area (Å²) in [7, 11) is 0. The molecule has 2 fully saturated rings. The second kappa shape index (κ2) is 6.69. The van der Waals surface area contributed by atoms with Crippen molar-refractivity contribution in [3.8, 4) is 5.75 Å². The summed E-state index contributed by atoms with van der Waals surface area (Å²) in [5.74, 6) is 1.42. The van der Waals surface area contributed by atoms with E-state index in [2.05, 4.69) is 22.8 Å². The van der Waals surface area contributed by atoms with Crippen LogP contribution in [0.1, 0.15) is 31.7 Å². The Morgan fingerprint density at radius 3 is 2.73 bits per heavy atom. The van der Waals surface area contributed by atoms with E-state index in [-0.39, 0.29) is 11.8 Å². The fourth-order valence-corrected chi connectivity index (χ4v) is 3.57. The third kappa shape index (κ3) is 3.43. The maximum Gasteiger partial charge on any atom is 0.223 e. The maximum atomic E-state index is 12.3. The lowest BCUT2D eigenvalue weighted by Crippen LogP contribution is -2.34. The van der Waals surface area contributed by atoms with E-state index >= 15 is 0 Å². The van der Waals surface area contributed by atoms with Crippen molar-refractivity contribution in [1.82, 2.24) is 10.6 Å². The zero-order valence-electron chi connectivity index (χ0n) is 13.4. The topological polar surface area (TPSA) is 50.4 Å². The summed E-state index contributed by atoms with van der Waals surface area (Å²) >= 11 is 0. The van der Waals surface area contributed by atoms with Crippen molar-refractivity contribution in [2.24, 2.45) is 11.3 Å². The second-order valence-electron chi connectivity index (χ2n) is 6.49. The first-order valence-corrected chi connectivity index (χ1v) is 8.44. The van der Waals surface area contributed by atoms with Crippen LogP contribution in [-0.2, 0) is 11.2 Å². The van der Waals surface area contributed by atoms with Gasteiger partial charge in [0.15, 0.2) is 0 Å². The number of nitrogens with one attached hydrogen (secondary N) is 2. The lowest BCUT2D eigenvalue weighted by Gasteiger charge is -2.23. The molecule has 1 unspecified atom stereocenters. The van der Waals surface area contributed by atoms with E-state index < -0.39 is 0 Å². The predicted octanol–water partition coefficient (Wildman–Crippen LogP) is 2.13. The minimum atomic E-state index is 0.257. The normalized spacial score (nSPS) is 22.3. The Bertz CT molecular complexity index is 506. The van der Waals surface area contributed by atoms with E-state index in [1.54, 1.807) is 0 Å². The summed E-state index contributed by atoms with van der Waals surface area (Å²) in [5.41, 5.74) is 1.56. The third-order valence-corrected chi connectivity index (χ3v) is 5.05. The van der Waals surface area contributed by atoms with Crippen molar-refractivity contribution in [3.63, 3.8) is 0 Å². The number of carbonyl (C=O) groups excluding carboxylic acids is 1. The van der Waals surface area contributed by atoms with Crippen LogP contribution in [0, 0.1) is 11.3 Å². The van der Waals surface area contributed by atoms with E-state index in [1.807, 2.05) is 19.1 Å². The number of carbonyl (C=O) groups is 1. The molecule has 1 spiro atoms. The third-order valence-electron chi connectivity index (χ3n) is 5.05. The molecule has 1 aromatic rings. The molecule has 1 saturated carbocycles. The second-order valence-corrected chi connectivity index (χ2v) is 6.49. The van der Waals surface area contributed by atoms with Crippen molar-refractivity contribution in [2.45, 2.75) is 32.6 Å². The molecule has 4 nitrogen and oxygen atoms in total. The van der Waals surface area contributed by atoms with Gasteiger partial charge in [-0.15, -0.1) is 0 Å². The van der Waals surface area contributed by atoms with Gasteiger partial charge < -0.3 is 15.4 Å². The fraction of sp³-hybridized carbons (Fsp3) is 0.611. The van der Waals surface area contributed by atoms with Crippen LogP contribution in [0.3, 0.4) is 0 Å². The van der Waals surface area contributed by atoms with Crippen LogP contribution in [0.4, 0.5) is 0 Å². The minimum absolute atomic E-state index is 0.257. The largest absolute Gasteiger partial charge is 0.494 e. The number of benzene rings is 1. The Morgan fingerprint density at radius 1 is 1.32 bits per heavy atom. The van der Waals surface area contributed by atoms with Gasteiger partial charge in [0, 0.05) is 12.5 Å². The number of rotatable bonds is 6. The molecular formula is C18H26N2O2. The van der Waals surface area contributed by atoms with Gasteiger partial charge >= 0.3 is 0 Å². The van der Waals surface area contributed by atoms with E-state index in [4.69, 9.17) is 4.74 Å². The van der Waals surface area contributed by atoms with Gasteiger partial charge in [-0.2, -0.15) is 0 Å². The highest BCUT2D eigenvalue weighted by Gasteiger charge is 2.57. The highest BCUT2D eigenvalue weighted by atomic mass is 16.5. The first kappa shape index (κ1) is 15.3. The minimum Gasteiger partial charge on any atom is -0.494 e. The molecule has 3 rings (SSSR count). The molecule has 1 heterocycles. The Balaban J connectivity index is 1.40. The van der Waals surface area contributed by atoms with Gasteiger partial charge in [-0.3, -0.25) is 4.79 Å². The van der Waals surface area contributed by atoms with Gasteiger partial charge in [-0.25, -0.2) is 0 Å². The standard InChI is InChI=1S/C18H26N2O2/c1-2-22-15-5-3-14(4-6-15)7-10-20-17(21)16-13-18(16)8-11-19-12-9-18/h3-6,16,19H,2,7-13H2,1H3,(H,20,21).